The molecule has 1 aromatic heterocycles. The van der Waals surface area contributed by atoms with E-state index in [2.05, 4.69) is 20.5 Å². The SMILES string of the molecule is CC(=O)c1cccc(NC(=O)CSc2n[nH]c(-c3ccc(C)cc3)n2)c1. The highest BCUT2D eigenvalue weighted by molar-refractivity contribution is 7.99. The number of aromatic amines is 1. The van der Waals surface area contributed by atoms with Gasteiger partial charge in [0.25, 0.3) is 0 Å². The largest absolute Gasteiger partial charge is 0.325 e. The normalized spacial score (nSPS) is 10.5. The summed E-state index contributed by atoms with van der Waals surface area (Å²) in [5.74, 6) is 0.620. The fourth-order valence-electron chi connectivity index (χ4n) is 2.29. The Morgan fingerprint density at radius 3 is 2.65 bits per heavy atom. The number of nitrogens with one attached hydrogen (secondary N) is 2. The summed E-state index contributed by atoms with van der Waals surface area (Å²) < 4.78 is 0. The fraction of sp³-hybridized carbons (Fsp3) is 0.158. The molecule has 0 radical (unpaired) electrons. The van der Waals surface area contributed by atoms with Crippen molar-refractivity contribution in [1.29, 1.82) is 0 Å². The second-order valence-corrected chi connectivity index (χ2v) is 6.75. The number of nitrogens with zero attached hydrogens (tertiary/aromatic N) is 2. The lowest BCUT2D eigenvalue weighted by molar-refractivity contribution is -0.113. The van der Waals surface area contributed by atoms with Gasteiger partial charge in [0.1, 0.15) is 0 Å². The van der Waals surface area contributed by atoms with Gasteiger partial charge in [-0.3, -0.25) is 14.7 Å². The number of aryl methyl sites for hydroxylation is 1. The summed E-state index contributed by atoms with van der Waals surface area (Å²) in [5.41, 5.74) is 3.28. The van der Waals surface area contributed by atoms with Gasteiger partial charge in [0, 0.05) is 16.8 Å². The predicted octanol–water partition coefficient (Wildman–Crippen LogP) is 3.71. The average molecular weight is 366 g/mol. The summed E-state index contributed by atoms with van der Waals surface area (Å²) in [5, 5.41) is 10.3. The van der Waals surface area contributed by atoms with Crippen molar-refractivity contribution in [2.75, 3.05) is 11.1 Å². The third-order valence-electron chi connectivity index (χ3n) is 3.68. The summed E-state index contributed by atoms with van der Waals surface area (Å²) in [6.07, 6.45) is 0. The van der Waals surface area contributed by atoms with Crippen LogP contribution in [0.5, 0.6) is 0 Å². The van der Waals surface area contributed by atoms with Gasteiger partial charge in [0.15, 0.2) is 11.6 Å². The molecule has 0 aliphatic heterocycles. The Morgan fingerprint density at radius 1 is 1.15 bits per heavy atom. The number of hydrogen-bond donors (Lipinski definition) is 2. The average Bonchev–Trinajstić information content (AvgIpc) is 3.10. The van der Waals surface area contributed by atoms with Gasteiger partial charge >= 0.3 is 0 Å². The molecule has 0 aliphatic carbocycles. The van der Waals surface area contributed by atoms with E-state index in [1.807, 2.05) is 31.2 Å². The molecule has 3 aromatic rings. The van der Waals surface area contributed by atoms with E-state index >= 15 is 0 Å². The third-order valence-corrected chi connectivity index (χ3v) is 4.52. The number of Topliss-reactive ketones (excluding diaryl/α,β-unsaturated/α-hetero) is 1. The topological polar surface area (TPSA) is 87.7 Å². The van der Waals surface area contributed by atoms with E-state index in [1.165, 1.54) is 24.2 Å². The van der Waals surface area contributed by atoms with Gasteiger partial charge in [-0.25, -0.2) is 4.98 Å². The van der Waals surface area contributed by atoms with Crippen molar-refractivity contribution in [3.63, 3.8) is 0 Å². The first kappa shape index (κ1) is 17.9. The number of ketones is 1. The van der Waals surface area contributed by atoms with Gasteiger partial charge in [-0.05, 0) is 26.0 Å². The number of benzene rings is 2. The maximum absolute atomic E-state index is 12.1. The van der Waals surface area contributed by atoms with E-state index in [0.717, 1.165) is 5.56 Å². The summed E-state index contributed by atoms with van der Waals surface area (Å²) in [7, 11) is 0. The van der Waals surface area contributed by atoms with E-state index in [-0.39, 0.29) is 17.4 Å². The monoisotopic (exact) mass is 366 g/mol. The quantitative estimate of drug-likeness (QED) is 0.513. The molecule has 0 bridgehead atoms. The molecule has 26 heavy (non-hydrogen) atoms. The molecular weight excluding hydrogens is 348 g/mol. The summed E-state index contributed by atoms with van der Waals surface area (Å²) in [6, 6.07) is 14.8. The predicted molar refractivity (Wildman–Crippen MR) is 102 cm³/mol. The lowest BCUT2D eigenvalue weighted by Gasteiger charge is -2.05. The van der Waals surface area contributed by atoms with Crippen LogP contribution in [0, 0.1) is 6.92 Å². The molecule has 0 fully saturated rings. The number of thioether (sulfide) groups is 1. The Hall–Kier alpha value is -2.93. The molecule has 6 nitrogen and oxygen atoms in total. The summed E-state index contributed by atoms with van der Waals surface area (Å²) in [6.45, 7) is 3.52. The minimum Gasteiger partial charge on any atom is -0.325 e. The molecule has 0 unspecified atom stereocenters. The van der Waals surface area contributed by atoms with Crippen molar-refractivity contribution in [3.8, 4) is 11.4 Å². The second-order valence-electron chi connectivity index (χ2n) is 5.81. The van der Waals surface area contributed by atoms with E-state index in [9.17, 15) is 9.59 Å². The van der Waals surface area contributed by atoms with Crippen LogP contribution in [0.4, 0.5) is 5.69 Å². The van der Waals surface area contributed by atoms with Crippen LogP contribution in [0.3, 0.4) is 0 Å². The lowest BCUT2D eigenvalue weighted by atomic mass is 10.1. The smallest absolute Gasteiger partial charge is 0.234 e. The van der Waals surface area contributed by atoms with Crippen LogP contribution in [0.2, 0.25) is 0 Å². The van der Waals surface area contributed by atoms with Crippen molar-refractivity contribution < 1.29 is 9.59 Å². The Morgan fingerprint density at radius 2 is 1.92 bits per heavy atom. The van der Waals surface area contributed by atoms with Gasteiger partial charge < -0.3 is 5.32 Å². The van der Waals surface area contributed by atoms with E-state index in [1.54, 1.807) is 24.3 Å². The minimum atomic E-state index is -0.183. The van der Waals surface area contributed by atoms with Gasteiger partial charge in [-0.15, -0.1) is 5.10 Å². The van der Waals surface area contributed by atoms with Crippen molar-refractivity contribution in [1.82, 2.24) is 15.2 Å². The zero-order valence-corrected chi connectivity index (χ0v) is 15.3. The fourth-order valence-corrected chi connectivity index (χ4v) is 2.89. The molecule has 0 atom stereocenters. The molecule has 1 amide bonds. The molecule has 3 rings (SSSR count). The first-order valence-electron chi connectivity index (χ1n) is 8.04. The number of hydrogen-bond acceptors (Lipinski definition) is 5. The summed E-state index contributed by atoms with van der Waals surface area (Å²) in [4.78, 5) is 27.9. The highest BCUT2D eigenvalue weighted by Crippen LogP contribution is 2.20. The minimum absolute atomic E-state index is 0.0418. The van der Waals surface area contributed by atoms with Gasteiger partial charge in [-0.1, -0.05) is 53.7 Å². The Labute approximate surface area is 155 Å². The van der Waals surface area contributed by atoms with Crippen LogP contribution in [-0.2, 0) is 4.79 Å². The molecule has 0 saturated carbocycles. The number of carbonyl (C=O) groups excluding carboxylic acids is 2. The van der Waals surface area contributed by atoms with Crippen LogP contribution in [0.25, 0.3) is 11.4 Å². The van der Waals surface area contributed by atoms with E-state index in [4.69, 9.17) is 0 Å². The zero-order chi connectivity index (χ0) is 18.5. The molecule has 0 aliphatic rings. The number of rotatable bonds is 6. The maximum atomic E-state index is 12.1. The molecule has 132 valence electrons. The number of H-pyrrole nitrogens is 1. The van der Waals surface area contributed by atoms with Crippen LogP contribution < -0.4 is 5.32 Å². The summed E-state index contributed by atoms with van der Waals surface area (Å²) >= 11 is 1.24. The molecule has 7 heteroatoms. The molecule has 0 saturated heterocycles. The first-order valence-corrected chi connectivity index (χ1v) is 9.03. The Balaban J connectivity index is 1.57. The van der Waals surface area contributed by atoms with Gasteiger partial charge in [0.2, 0.25) is 11.1 Å². The number of aromatic nitrogens is 3. The molecular formula is C19H18N4O2S. The Kier molecular flexibility index (Phi) is 5.48. The second kappa shape index (κ2) is 7.97. The zero-order valence-electron chi connectivity index (χ0n) is 14.4. The molecule has 2 aromatic carbocycles. The Bertz CT molecular complexity index is 935. The van der Waals surface area contributed by atoms with Crippen LogP contribution in [0.15, 0.2) is 53.7 Å². The van der Waals surface area contributed by atoms with Crippen LogP contribution in [-0.4, -0.2) is 32.6 Å². The van der Waals surface area contributed by atoms with Crippen LogP contribution in [0.1, 0.15) is 22.8 Å². The first-order chi connectivity index (χ1) is 12.5. The van der Waals surface area contributed by atoms with Crippen molar-refractivity contribution >= 4 is 29.1 Å². The lowest BCUT2D eigenvalue weighted by Crippen LogP contribution is -2.14. The number of carbonyl (C=O) groups is 2. The highest BCUT2D eigenvalue weighted by atomic mass is 32.2. The van der Waals surface area contributed by atoms with Gasteiger partial charge in [0.05, 0.1) is 5.75 Å². The van der Waals surface area contributed by atoms with Crippen molar-refractivity contribution in [3.05, 3.63) is 59.7 Å². The van der Waals surface area contributed by atoms with Crippen LogP contribution >= 0.6 is 11.8 Å². The third kappa shape index (κ3) is 4.58. The maximum Gasteiger partial charge on any atom is 0.234 e. The van der Waals surface area contributed by atoms with Crippen molar-refractivity contribution in [2.24, 2.45) is 0 Å². The number of amides is 1. The molecule has 2 N–H and O–H groups in total. The molecule has 1 heterocycles. The van der Waals surface area contributed by atoms with Crippen molar-refractivity contribution in [2.45, 2.75) is 19.0 Å². The van der Waals surface area contributed by atoms with E-state index in [0.29, 0.717) is 22.2 Å². The molecule has 0 spiro atoms. The standard InChI is InChI=1S/C19H18N4O2S/c1-12-6-8-14(9-7-12)18-21-19(23-22-18)26-11-17(25)20-16-5-3-4-15(10-16)13(2)24/h3-10H,11H2,1-2H3,(H,20,25)(H,21,22,23). The number of anilines is 1. The van der Waals surface area contributed by atoms with Gasteiger partial charge in [-0.2, -0.15) is 0 Å². The van der Waals surface area contributed by atoms with E-state index < -0.39 is 0 Å². The highest BCUT2D eigenvalue weighted by Gasteiger charge is 2.10.